The predicted molar refractivity (Wildman–Crippen MR) is 139 cm³/mol. The fourth-order valence-electron chi connectivity index (χ4n) is 11.9. The summed E-state index contributed by atoms with van der Waals surface area (Å²) in [5.74, 6) is 1.52. The van der Waals surface area contributed by atoms with Crippen LogP contribution in [0.3, 0.4) is 0 Å². The molecule has 0 radical (unpaired) electrons. The topological polar surface area (TPSA) is 79.2 Å². The number of allylic oxidation sites excluding steroid dienone is 1. The van der Waals surface area contributed by atoms with Crippen LogP contribution in [-0.4, -0.2) is 53.6 Å². The lowest BCUT2D eigenvalue weighted by Gasteiger charge is -2.63. The van der Waals surface area contributed by atoms with Crippen molar-refractivity contribution in [2.45, 2.75) is 117 Å². The first kappa shape index (κ1) is 25.8. The third kappa shape index (κ3) is 2.91. The lowest BCUT2D eigenvalue weighted by molar-refractivity contribution is -0.184. The average molecular weight is 503 g/mol. The maximum absolute atomic E-state index is 11.5. The average Bonchev–Trinajstić information content (AvgIpc) is 3.31. The molecule has 5 heteroatoms. The molecule has 0 aromatic rings. The van der Waals surface area contributed by atoms with E-state index in [9.17, 15) is 15.3 Å². The SMILES string of the molecule is CO[C@H]1O[C@H](C=C(C)C)[C@@H](O)[C@@H]1[C@H]1CC[C@@]2(C)[C@@H]3CC[C@@H]4[C@@](C)(CO)[C@@H](O)CC[C@@]45C[C@@]35CC[C@]12C. The summed E-state index contributed by atoms with van der Waals surface area (Å²) < 4.78 is 12.1. The molecule has 1 aliphatic heterocycles. The minimum absolute atomic E-state index is 0.00323. The van der Waals surface area contributed by atoms with Crippen molar-refractivity contribution >= 4 is 0 Å². The molecule has 1 heterocycles. The van der Waals surface area contributed by atoms with Gasteiger partial charge >= 0.3 is 0 Å². The molecular weight excluding hydrogens is 452 g/mol. The molecule has 0 unspecified atom stereocenters. The Kier molecular flexibility index (Phi) is 5.76. The summed E-state index contributed by atoms with van der Waals surface area (Å²) in [6.45, 7) is 11.5. The second-order valence-electron chi connectivity index (χ2n) is 14.9. The molecule has 6 aliphatic rings. The largest absolute Gasteiger partial charge is 0.396 e. The highest BCUT2D eigenvalue weighted by atomic mass is 16.7. The lowest BCUT2D eigenvalue weighted by atomic mass is 9.41. The molecule has 5 saturated carbocycles. The number of rotatable bonds is 4. The van der Waals surface area contributed by atoms with E-state index in [4.69, 9.17) is 9.47 Å². The van der Waals surface area contributed by atoms with Crippen molar-refractivity contribution in [3.05, 3.63) is 11.6 Å². The van der Waals surface area contributed by atoms with Gasteiger partial charge in [-0.05, 0) is 111 Å². The summed E-state index contributed by atoms with van der Waals surface area (Å²) in [5.41, 5.74) is 1.89. The number of hydrogen-bond acceptors (Lipinski definition) is 5. The smallest absolute Gasteiger partial charge is 0.163 e. The minimum Gasteiger partial charge on any atom is -0.396 e. The van der Waals surface area contributed by atoms with Crippen LogP contribution in [0.4, 0.5) is 0 Å². The Bertz CT molecular complexity index is 930. The fourth-order valence-corrected chi connectivity index (χ4v) is 11.9. The highest BCUT2D eigenvalue weighted by Gasteiger charge is 2.82. The zero-order chi connectivity index (χ0) is 25.9. The first-order valence-corrected chi connectivity index (χ1v) is 14.7. The molecule has 0 bridgehead atoms. The van der Waals surface area contributed by atoms with Crippen molar-refractivity contribution in [1.29, 1.82) is 0 Å². The second kappa shape index (κ2) is 8.03. The fraction of sp³-hybridized carbons (Fsp3) is 0.935. The van der Waals surface area contributed by atoms with Crippen molar-refractivity contribution in [2.24, 2.45) is 50.7 Å². The van der Waals surface area contributed by atoms with Crippen molar-refractivity contribution in [3.63, 3.8) is 0 Å². The van der Waals surface area contributed by atoms with Gasteiger partial charge in [-0.15, -0.1) is 0 Å². The summed E-state index contributed by atoms with van der Waals surface area (Å²) in [6, 6.07) is 0. The normalized spacial score (nSPS) is 59.5. The first-order chi connectivity index (χ1) is 16.9. The van der Waals surface area contributed by atoms with E-state index in [0.717, 1.165) is 25.7 Å². The number of aliphatic hydroxyl groups is 3. The van der Waals surface area contributed by atoms with E-state index < -0.39 is 6.10 Å². The van der Waals surface area contributed by atoms with Crippen LogP contribution in [0.15, 0.2) is 11.6 Å². The summed E-state index contributed by atoms with van der Waals surface area (Å²) in [7, 11) is 1.73. The molecule has 2 spiro atoms. The summed E-state index contributed by atoms with van der Waals surface area (Å²) in [4.78, 5) is 0. The molecule has 0 amide bonds. The summed E-state index contributed by atoms with van der Waals surface area (Å²) in [6.07, 6.45) is 10.9. The number of hydrogen-bond donors (Lipinski definition) is 3. The van der Waals surface area contributed by atoms with Gasteiger partial charge in [-0.1, -0.05) is 32.4 Å². The number of methoxy groups -OCH3 is 1. The van der Waals surface area contributed by atoms with E-state index in [1.807, 2.05) is 0 Å². The van der Waals surface area contributed by atoms with Gasteiger partial charge in [0.1, 0.15) is 6.10 Å². The van der Waals surface area contributed by atoms with E-state index in [1.165, 1.54) is 37.7 Å². The Morgan fingerprint density at radius 3 is 2.28 bits per heavy atom. The Morgan fingerprint density at radius 1 is 0.917 bits per heavy atom. The molecular formula is C31H50O5. The van der Waals surface area contributed by atoms with E-state index >= 15 is 0 Å². The van der Waals surface area contributed by atoms with Gasteiger partial charge in [0.2, 0.25) is 0 Å². The quantitative estimate of drug-likeness (QED) is 0.468. The Hall–Kier alpha value is -0.460. The standard InChI is InChI=1S/C31H50O5/c1-18(2)15-20-25(34)24(26(35-6)36-20)19-9-11-29(5)22-8-7-21-27(3,17-32)23(33)10-12-30(21)16-31(22,30)14-13-28(19,29)4/h15,19-26,32-34H,7-14,16-17H2,1-6H3/t19-,20-,21-,22+,23+,24+,25-,26+,27-,28-,29+,30-,31+/m1/s1. The number of fused-ring (bicyclic) bond motifs is 2. The molecule has 1 saturated heterocycles. The van der Waals surface area contributed by atoms with Gasteiger partial charge in [0.15, 0.2) is 6.29 Å². The third-order valence-electron chi connectivity index (χ3n) is 13.8. The van der Waals surface area contributed by atoms with Crippen molar-refractivity contribution in [1.82, 2.24) is 0 Å². The summed E-state index contributed by atoms with van der Waals surface area (Å²) >= 11 is 0. The Balaban J connectivity index is 1.32. The maximum atomic E-state index is 11.5. The zero-order valence-corrected chi connectivity index (χ0v) is 23.4. The van der Waals surface area contributed by atoms with Gasteiger partial charge in [-0.25, -0.2) is 0 Å². The second-order valence-corrected chi connectivity index (χ2v) is 14.9. The molecule has 6 rings (SSSR count). The highest BCUT2D eigenvalue weighted by molar-refractivity contribution is 5.31. The van der Waals surface area contributed by atoms with Gasteiger partial charge in [-0.3, -0.25) is 0 Å². The van der Waals surface area contributed by atoms with E-state index in [0.29, 0.717) is 28.6 Å². The van der Waals surface area contributed by atoms with Crippen LogP contribution in [-0.2, 0) is 9.47 Å². The number of aliphatic hydroxyl groups excluding tert-OH is 3. The molecule has 0 aromatic heterocycles. The lowest BCUT2D eigenvalue weighted by Crippen LogP contribution is -2.59. The molecule has 13 atom stereocenters. The van der Waals surface area contributed by atoms with Crippen molar-refractivity contribution in [2.75, 3.05) is 13.7 Å². The maximum Gasteiger partial charge on any atom is 0.163 e. The van der Waals surface area contributed by atoms with Gasteiger partial charge < -0.3 is 24.8 Å². The number of ether oxygens (including phenoxy) is 2. The van der Waals surface area contributed by atoms with Crippen LogP contribution < -0.4 is 0 Å². The van der Waals surface area contributed by atoms with Gasteiger partial charge in [0.25, 0.3) is 0 Å². The van der Waals surface area contributed by atoms with Crippen LogP contribution in [0.2, 0.25) is 0 Å². The summed E-state index contributed by atoms with van der Waals surface area (Å²) in [5, 5.41) is 32.9. The van der Waals surface area contributed by atoms with Crippen LogP contribution in [0.5, 0.6) is 0 Å². The van der Waals surface area contributed by atoms with Gasteiger partial charge in [0, 0.05) is 18.4 Å². The monoisotopic (exact) mass is 502 g/mol. The van der Waals surface area contributed by atoms with Crippen molar-refractivity contribution < 1.29 is 24.8 Å². The predicted octanol–water partition coefficient (Wildman–Crippen LogP) is 5.07. The van der Waals surface area contributed by atoms with E-state index in [1.54, 1.807) is 7.11 Å². The molecule has 36 heavy (non-hydrogen) atoms. The zero-order valence-electron chi connectivity index (χ0n) is 23.4. The van der Waals surface area contributed by atoms with E-state index in [2.05, 4.69) is 40.7 Å². The van der Waals surface area contributed by atoms with Crippen LogP contribution in [0.25, 0.3) is 0 Å². The third-order valence-corrected chi connectivity index (χ3v) is 13.8. The molecule has 204 valence electrons. The van der Waals surface area contributed by atoms with E-state index in [-0.39, 0.29) is 47.3 Å². The molecule has 3 N–H and O–H groups in total. The van der Waals surface area contributed by atoms with Crippen LogP contribution in [0, 0.1) is 50.7 Å². The van der Waals surface area contributed by atoms with Crippen molar-refractivity contribution in [3.8, 4) is 0 Å². The van der Waals surface area contributed by atoms with Gasteiger partial charge in [0.05, 0.1) is 18.8 Å². The molecule has 0 aromatic carbocycles. The molecule has 6 fully saturated rings. The van der Waals surface area contributed by atoms with Gasteiger partial charge in [-0.2, -0.15) is 0 Å². The highest BCUT2D eigenvalue weighted by Crippen LogP contribution is 2.89. The minimum atomic E-state index is -0.530. The Morgan fingerprint density at radius 2 is 1.61 bits per heavy atom. The van der Waals surface area contributed by atoms with Crippen LogP contribution in [0.1, 0.15) is 92.4 Å². The first-order valence-electron chi connectivity index (χ1n) is 14.7. The molecule has 5 aliphatic carbocycles. The van der Waals surface area contributed by atoms with Crippen LogP contribution >= 0.6 is 0 Å². The Labute approximate surface area is 218 Å². The molecule has 5 nitrogen and oxygen atoms in total.